The Morgan fingerprint density at radius 3 is 2.64 bits per heavy atom. The van der Waals surface area contributed by atoms with Crippen LogP contribution < -0.4 is 0 Å². The van der Waals surface area contributed by atoms with Crippen LogP contribution in [0.2, 0.25) is 5.02 Å². The van der Waals surface area contributed by atoms with E-state index in [1.165, 1.54) is 11.8 Å². The molecule has 0 aliphatic carbocycles. The van der Waals surface area contributed by atoms with Gasteiger partial charge in [-0.1, -0.05) is 42.4 Å². The van der Waals surface area contributed by atoms with Crippen molar-refractivity contribution < 1.29 is 15.0 Å². The van der Waals surface area contributed by atoms with Crippen molar-refractivity contribution in [2.24, 2.45) is 0 Å². The molecule has 0 bridgehead atoms. The first kappa shape index (κ1) is 16.9. The quantitative estimate of drug-likeness (QED) is 0.758. The normalized spacial score (nSPS) is 12.3. The fourth-order valence-corrected chi connectivity index (χ4v) is 3.03. The minimum atomic E-state index is -0.862. The molecule has 0 aliphatic rings. The highest BCUT2D eigenvalue weighted by Gasteiger charge is 2.20. The van der Waals surface area contributed by atoms with Crippen molar-refractivity contribution in [3.05, 3.63) is 46.7 Å². The first-order valence-electron chi connectivity index (χ1n) is 6.84. The van der Waals surface area contributed by atoms with E-state index in [9.17, 15) is 15.0 Å². The van der Waals surface area contributed by atoms with E-state index in [4.69, 9.17) is 11.6 Å². The van der Waals surface area contributed by atoms with Crippen molar-refractivity contribution in [3.63, 3.8) is 0 Å². The number of hydrogen-bond donors (Lipinski definition) is 2. The lowest BCUT2D eigenvalue weighted by molar-refractivity contribution is -0.136. The summed E-state index contributed by atoms with van der Waals surface area (Å²) < 4.78 is 1.85. The molecule has 7 heteroatoms. The molecule has 2 rings (SSSR count). The lowest BCUT2D eigenvalue weighted by Gasteiger charge is -2.11. The minimum Gasteiger partial charge on any atom is -0.480 e. The highest BCUT2D eigenvalue weighted by molar-refractivity contribution is 8.00. The first-order chi connectivity index (χ1) is 10.5. The standard InChI is InChI=1S/C15H17ClN2O3S/c1-2-13(14(20)21)22-15-17-12(9-19)8-18(15)7-10-3-5-11(16)6-4-10/h3-6,8,13,19H,2,7,9H2,1H3,(H,20,21)/t13-/m0/s1. The maximum Gasteiger partial charge on any atom is 0.317 e. The highest BCUT2D eigenvalue weighted by atomic mass is 35.5. The number of rotatable bonds is 7. The number of aliphatic carboxylic acids is 1. The van der Waals surface area contributed by atoms with Crippen molar-refractivity contribution in [2.75, 3.05) is 0 Å². The largest absolute Gasteiger partial charge is 0.480 e. The van der Waals surface area contributed by atoms with E-state index in [1.54, 1.807) is 18.3 Å². The molecule has 1 aromatic heterocycles. The molecule has 22 heavy (non-hydrogen) atoms. The van der Waals surface area contributed by atoms with Gasteiger partial charge in [-0.15, -0.1) is 0 Å². The lowest BCUT2D eigenvalue weighted by atomic mass is 10.2. The highest BCUT2D eigenvalue weighted by Crippen LogP contribution is 2.26. The predicted molar refractivity (Wildman–Crippen MR) is 86.3 cm³/mol. The summed E-state index contributed by atoms with van der Waals surface area (Å²) in [5.41, 5.74) is 1.55. The third-order valence-electron chi connectivity index (χ3n) is 3.11. The van der Waals surface area contributed by atoms with E-state index in [0.717, 1.165) is 5.56 Å². The van der Waals surface area contributed by atoms with Crippen LogP contribution in [0.1, 0.15) is 24.6 Å². The van der Waals surface area contributed by atoms with Gasteiger partial charge in [0.2, 0.25) is 0 Å². The molecular weight excluding hydrogens is 324 g/mol. The second-order valence-corrected chi connectivity index (χ2v) is 6.39. The molecule has 0 spiro atoms. The van der Waals surface area contributed by atoms with Gasteiger partial charge < -0.3 is 14.8 Å². The number of aliphatic hydroxyl groups is 1. The molecule has 0 radical (unpaired) electrons. The third-order valence-corrected chi connectivity index (χ3v) is 4.72. The van der Waals surface area contributed by atoms with Crippen LogP contribution in [0, 0.1) is 0 Å². The predicted octanol–water partition coefficient (Wildman–Crippen LogP) is 3.03. The summed E-state index contributed by atoms with van der Waals surface area (Å²) >= 11 is 7.07. The summed E-state index contributed by atoms with van der Waals surface area (Å²) in [5, 5.41) is 19.1. The Labute approximate surface area is 137 Å². The van der Waals surface area contributed by atoms with E-state index < -0.39 is 11.2 Å². The Hall–Kier alpha value is -1.50. The number of thioether (sulfide) groups is 1. The van der Waals surface area contributed by atoms with Gasteiger partial charge in [-0.05, 0) is 24.1 Å². The van der Waals surface area contributed by atoms with Crippen LogP contribution >= 0.6 is 23.4 Å². The summed E-state index contributed by atoms with van der Waals surface area (Å²) in [6.07, 6.45) is 2.24. The molecule has 118 valence electrons. The van der Waals surface area contributed by atoms with E-state index in [2.05, 4.69) is 4.98 Å². The Morgan fingerprint density at radius 1 is 1.41 bits per heavy atom. The number of benzene rings is 1. The van der Waals surface area contributed by atoms with E-state index in [-0.39, 0.29) is 6.61 Å². The van der Waals surface area contributed by atoms with Crippen LogP contribution in [0.25, 0.3) is 0 Å². The molecule has 0 saturated carbocycles. The summed E-state index contributed by atoms with van der Waals surface area (Å²) in [4.78, 5) is 15.5. The lowest BCUT2D eigenvalue weighted by Crippen LogP contribution is -2.16. The number of carboxylic acid groups (broad SMARTS) is 1. The topological polar surface area (TPSA) is 75.4 Å². The average Bonchev–Trinajstić information content (AvgIpc) is 2.88. The molecule has 0 amide bonds. The third kappa shape index (κ3) is 4.25. The number of carbonyl (C=O) groups is 1. The zero-order valence-electron chi connectivity index (χ0n) is 12.1. The summed E-state index contributed by atoms with van der Waals surface area (Å²) in [7, 11) is 0. The van der Waals surface area contributed by atoms with Gasteiger partial charge in [-0.2, -0.15) is 0 Å². The number of aromatic nitrogens is 2. The average molecular weight is 341 g/mol. The van der Waals surface area contributed by atoms with Crippen LogP contribution in [0.15, 0.2) is 35.6 Å². The second-order valence-electron chi connectivity index (χ2n) is 4.78. The second kappa shape index (κ2) is 7.67. The molecular formula is C15H17ClN2O3S. The molecule has 5 nitrogen and oxygen atoms in total. The fraction of sp³-hybridized carbons (Fsp3) is 0.333. The summed E-state index contributed by atoms with van der Waals surface area (Å²) in [6, 6.07) is 7.42. The first-order valence-corrected chi connectivity index (χ1v) is 8.10. The van der Waals surface area contributed by atoms with E-state index in [0.29, 0.717) is 28.8 Å². The summed E-state index contributed by atoms with van der Waals surface area (Å²) in [6.45, 7) is 2.19. The molecule has 0 saturated heterocycles. The Balaban J connectivity index is 2.24. The molecule has 2 aromatic rings. The van der Waals surface area contributed by atoms with Gasteiger partial charge in [0.1, 0.15) is 5.25 Å². The zero-order valence-corrected chi connectivity index (χ0v) is 13.6. The molecule has 1 aromatic carbocycles. The van der Waals surface area contributed by atoms with E-state index >= 15 is 0 Å². The molecule has 1 heterocycles. The van der Waals surface area contributed by atoms with Gasteiger partial charge in [0.15, 0.2) is 5.16 Å². The molecule has 0 fully saturated rings. The Kier molecular flexibility index (Phi) is 5.88. The van der Waals surface area contributed by atoms with E-state index in [1.807, 2.05) is 23.6 Å². The Morgan fingerprint density at radius 2 is 2.09 bits per heavy atom. The van der Waals surface area contributed by atoms with Gasteiger partial charge in [0, 0.05) is 17.8 Å². The minimum absolute atomic E-state index is 0.176. The van der Waals surface area contributed by atoms with Crippen molar-refractivity contribution in [1.29, 1.82) is 0 Å². The van der Waals surface area contributed by atoms with Gasteiger partial charge >= 0.3 is 5.97 Å². The number of aliphatic hydroxyl groups excluding tert-OH is 1. The number of halogens is 1. The number of hydrogen-bond acceptors (Lipinski definition) is 4. The van der Waals surface area contributed by atoms with Crippen LogP contribution in [0.4, 0.5) is 0 Å². The molecule has 0 unspecified atom stereocenters. The Bertz CT molecular complexity index is 643. The molecule has 0 aliphatic heterocycles. The zero-order chi connectivity index (χ0) is 16.1. The van der Waals surface area contributed by atoms with Crippen molar-refractivity contribution >= 4 is 29.3 Å². The number of nitrogens with zero attached hydrogens (tertiary/aromatic N) is 2. The van der Waals surface area contributed by atoms with Crippen LogP contribution in [0.5, 0.6) is 0 Å². The maximum atomic E-state index is 11.2. The van der Waals surface area contributed by atoms with Gasteiger partial charge in [0.05, 0.1) is 12.3 Å². The smallest absolute Gasteiger partial charge is 0.317 e. The van der Waals surface area contributed by atoms with Crippen LogP contribution in [0.3, 0.4) is 0 Å². The molecule has 2 N–H and O–H groups in total. The number of carboxylic acids is 1. The monoisotopic (exact) mass is 340 g/mol. The van der Waals surface area contributed by atoms with Crippen molar-refractivity contribution in [1.82, 2.24) is 9.55 Å². The van der Waals surface area contributed by atoms with Crippen molar-refractivity contribution in [3.8, 4) is 0 Å². The van der Waals surface area contributed by atoms with Gasteiger partial charge in [0.25, 0.3) is 0 Å². The summed E-state index contributed by atoms with van der Waals surface area (Å²) in [5.74, 6) is -0.862. The fourth-order valence-electron chi connectivity index (χ4n) is 1.96. The van der Waals surface area contributed by atoms with Crippen LogP contribution in [-0.2, 0) is 17.9 Å². The number of imidazole rings is 1. The SMILES string of the molecule is CC[C@H](Sc1nc(CO)cn1Cc1ccc(Cl)cc1)C(=O)O. The van der Waals surface area contributed by atoms with Crippen LogP contribution in [-0.4, -0.2) is 31.0 Å². The molecule has 1 atom stereocenters. The maximum absolute atomic E-state index is 11.2. The van der Waals surface area contributed by atoms with Gasteiger partial charge in [-0.25, -0.2) is 4.98 Å². The van der Waals surface area contributed by atoms with Crippen molar-refractivity contribution in [2.45, 2.75) is 36.9 Å². The van der Waals surface area contributed by atoms with Gasteiger partial charge in [-0.3, -0.25) is 4.79 Å².